The highest BCUT2D eigenvalue weighted by Crippen LogP contribution is 2.37. The number of nitrogens with zero attached hydrogens (tertiary/aromatic N) is 2. The molecule has 0 radical (unpaired) electrons. The maximum absolute atomic E-state index is 15.3. The number of hydrogen-bond donors (Lipinski definition) is 1. The van der Waals surface area contributed by atoms with E-state index in [1.165, 1.54) is 4.90 Å². The van der Waals surface area contributed by atoms with Crippen LogP contribution in [0.1, 0.15) is 47.2 Å². The van der Waals surface area contributed by atoms with Crippen molar-refractivity contribution in [3.05, 3.63) is 28.6 Å². The summed E-state index contributed by atoms with van der Waals surface area (Å²) in [4.78, 5) is 50.7. The summed E-state index contributed by atoms with van der Waals surface area (Å²) in [5.74, 6) is -1.65. The molecule has 0 spiro atoms. The maximum Gasteiger partial charge on any atom is 0.255 e. The van der Waals surface area contributed by atoms with Crippen LogP contribution in [0.5, 0.6) is 0 Å². The van der Waals surface area contributed by atoms with Crippen molar-refractivity contribution in [3.8, 4) is 0 Å². The minimum absolute atomic E-state index is 0.0134. The second-order valence-corrected chi connectivity index (χ2v) is 7.74. The van der Waals surface area contributed by atoms with Crippen molar-refractivity contribution < 1.29 is 23.6 Å². The lowest BCUT2D eigenvalue weighted by Crippen LogP contribution is -2.52. The third kappa shape index (κ3) is 2.96. The van der Waals surface area contributed by atoms with Gasteiger partial charge in [0.2, 0.25) is 11.8 Å². The zero-order valence-corrected chi connectivity index (χ0v) is 15.7. The molecular formula is C20H22FN3O4. The number of fused-ring (bicyclic) bond motifs is 1. The highest BCUT2D eigenvalue weighted by molar-refractivity contribution is 6.06. The van der Waals surface area contributed by atoms with Crippen molar-refractivity contribution >= 4 is 29.7 Å². The minimum atomic E-state index is -0.761. The molecule has 1 N–H and O–H groups in total. The number of carbonyl (C=O) groups is 4. The molecule has 1 unspecified atom stereocenters. The number of aldehydes is 1. The topological polar surface area (TPSA) is 86.8 Å². The SMILES string of the molecule is Cc1cc(N2CCC(C=O)CC2)c(F)c2c1C(=O)N(C1CCC(=O)NC1=O)C2. The van der Waals surface area contributed by atoms with Crippen molar-refractivity contribution in [2.45, 2.75) is 45.2 Å². The predicted octanol–water partition coefficient (Wildman–Crippen LogP) is 1.31. The van der Waals surface area contributed by atoms with E-state index in [1.807, 2.05) is 4.90 Å². The molecular weight excluding hydrogens is 365 g/mol. The largest absolute Gasteiger partial charge is 0.369 e. The molecule has 2 fully saturated rings. The van der Waals surface area contributed by atoms with Crippen LogP contribution in [0.15, 0.2) is 6.07 Å². The Bertz CT molecular complexity index is 877. The Morgan fingerprint density at radius 1 is 1.18 bits per heavy atom. The fourth-order valence-corrected chi connectivity index (χ4v) is 4.41. The average Bonchev–Trinajstić information content (AvgIpc) is 3.03. The van der Waals surface area contributed by atoms with Gasteiger partial charge in [-0.15, -0.1) is 0 Å². The standard InChI is InChI=1S/C20H22FN3O4/c1-11-8-15(23-6-4-12(10-25)5-7-23)18(21)13-9-24(20(28)17(11)13)14-2-3-16(26)22-19(14)27/h8,10,12,14H,2-7,9H2,1H3,(H,22,26,27). The molecule has 3 aliphatic rings. The Morgan fingerprint density at radius 3 is 2.54 bits per heavy atom. The van der Waals surface area contributed by atoms with E-state index in [0.29, 0.717) is 48.3 Å². The van der Waals surface area contributed by atoms with Crippen molar-refractivity contribution in [1.82, 2.24) is 10.2 Å². The molecule has 28 heavy (non-hydrogen) atoms. The van der Waals surface area contributed by atoms with Gasteiger partial charge < -0.3 is 14.6 Å². The molecule has 0 aromatic heterocycles. The summed E-state index contributed by atoms with van der Waals surface area (Å²) >= 11 is 0. The first-order valence-electron chi connectivity index (χ1n) is 9.57. The number of aryl methyl sites for hydroxylation is 1. The van der Waals surface area contributed by atoms with Crippen molar-refractivity contribution in [3.63, 3.8) is 0 Å². The van der Waals surface area contributed by atoms with Crippen LogP contribution in [0.2, 0.25) is 0 Å². The van der Waals surface area contributed by atoms with E-state index >= 15 is 4.39 Å². The number of carbonyl (C=O) groups excluding carboxylic acids is 4. The summed E-state index contributed by atoms with van der Waals surface area (Å²) in [6, 6.07) is 0.921. The van der Waals surface area contributed by atoms with E-state index in [4.69, 9.17) is 0 Å². The van der Waals surface area contributed by atoms with Crippen molar-refractivity contribution in [2.75, 3.05) is 18.0 Å². The number of amides is 3. The van der Waals surface area contributed by atoms with Crippen LogP contribution in [-0.4, -0.2) is 48.0 Å². The molecule has 3 aliphatic heterocycles. The first-order chi connectivity index (χ1) is 13.4. The van der Waals surface area contributed by atoms with Gasteiger partial charge in [0.15, 0.2) is 5.82 Å². The van der Waals surface area contributed by atoms with Gasteiger partial charge in [-0.3, -0.25) is 19.7 Å². The Morgan fingerprint density at radius 2 is 1.89 bits per heavy atom. The molecule has 2 saturated heterocycles. The Hall–Kier alpha value is -2.77. The van der Waals surface area contributed by atoms with Gasteiger partial charge in [-0.25, -0.2) is 4.39 Å². The summed E-state index contributed by atoms with van der Waals surface area (Å²) in [6.45, 7) is 2.96. The molecule has 7 nitrogen and oxygen atoms in total. The first kappa shape index (κ1) is 18.6. The maximum atomic E-state index is 15.3. The fourth-order valence-electron chi connectivity index (χ4n) is 4.41. The lowest BCUT2D eigenvalue weighted by molar-refractivity contribution is -0.137. The molecule has 148 valence electrons. The van der Waals surface area contributed by atoms with Gasteiger partial charge in [0.05, 0.1) is 17.8 Å². The third-order valence-corrected chi connectivity index (χ3v) is 6.00. The molecule has 4 rings (SSSR count). The van der Waals surface area contributed by atoms with Gasteiger partial charge in [-0.05, 0) is 37.8 Å². The second kappa shape index (κ2) is 7.00. The number of benzene rings is 1. The van der Waals surface area contributed by atoms with E-state index in [2.05, 4.69) is 5.32 Å². The number of imide groups is 1. The van der Waals surface area contributed by atoms with Crippen LogP contribution in [0.25, 0.3) is 0 Å². The number of anilines is 1. The number of halogens is 1. The van der Waals surface area contributed by atoms with Crippen LogP contribution in [0.3, 0.4) is 0 Å². The van der Waals surface area contributed by atoms with Gasteiger partial charge in [-0.1, -0.05) is 0 Å². The quantitative estimate of drug-likeness (QED) is 0.624. The highest BCUT2D eigenvalue weighted by atomic mass is 19.1. The normalized spacial score (nSPS) is 23.1. The number of hydrogen-bond acceptors (Lipinski definition) is 5. The van der Waals surface area contributed by atoms with E-state index in [0.717, 1.165) is 6.29 Å². The van der Waals surface area contributed by atoms with Gasteiger partial charge in [0.1, 0.15) is 12.3 Å². The van der Waals surface area contributed by atoms with Crippen LogP contribution < -0.4 is 10.2 Å². The van der Waals surface area contributed by atoms with Gasteiger partial charge in [-0.2, -0.15) is 0 Å². The van der Waals surface area contributed by atoms with Gasteiger partial charge in [0, 0.05) is 31.0 Å². The van der Waals surface area contributed by atoms with E-state index < -0.39 is 17.8 Å². The minimum Gasteiger partial charge on any atom is -0.369 e. The molecule has 1 aromatic carbocycles. The van der Waals surface area contributed by atoms with E-state index in [1.54, 1.807) is 13.0 Å². The molecule has 0 saturated carbocycles. The zero-order chi connectivity index (χ0) is 20.0. The van der Waals surface area contributed by atoms with Crippen LogP contribution in [0, 0.1) is 18.7 Å². The summed E-state index contributed by atoms with van der Waals surface area (Å²) in [7, 11) is 0. The van der Waals surface area contributed by atoms with Crippen LogP contribution in [-0.2, 0) is 20.9 Å². The molecule has 0 aliphatic carbocycles. The van der Waals surface area contributed by atoms with Gasteiger partial charge in [0.25, 0.3) is 5.91 Å². The Kier molecular flexibility index (Phi) is 4.64. The lowest BCUT2D eigenvalue weighted by Gasteiger charge is -2.32. The molecule has 0 bridgehead atoms. The Balaban J connectivity index is 1.62. The van der Waals surface area contributed by atoms with Crippen LogP contribution >= 0.6 is 0 Å². The summed E-state index contributed by atoms with van der Waals surface area (Å²) in [5.41, 5.74) is 1.73. The number of nitrogens with one attached hydrogen (secondary N) is 1. The number of piperidine rings is 2. The average molecular weight is 387 g/mol. The van der Waals surface area contributed by atoms with E-state index in [-0.39, 0.29) is 37.1 Å². The monoisotopic (exact) mass is 387 g/mol. The number of rotatable bonds is 3. The zero-order valence-electron chi connectivity index (χ0n) is 15.7. The van der Waals surface area contributed by atoms with Crippen LogP contribution in [0.4, 0.5) is 10.1 Å². The van der Waals surface area contributed by atoms with Gasteiger partial charge >= 0.3 is 0 Å². The molecule has 1 aromatic rings. The summed E-state index contributed by atoms with van der Waals surface area (Å²) in [6.07, 6.45) is 2.73. The molecule has 8 heteroatoms. The molecule has 3 amide bonds. The lowest BCUT2D eigenvalue weighted by atomic mass is 9.96. The highest BCUT2D eigenvalue weighted by Gasteiger charge is 2.41. The summed E-state index contributed by atoms with van der Waals surface area (Å²) in [5, 5.41) is 2.25. The van der Waals surface area contributed by atoms with Crippen molar-refractivity contribution in [1.29, 1.82) is 0 Å². The summed E-state index contributed by atoms with van der Waals surface area (Å²) < 4.78 is 15.3. The Labute approximate surface area is 161 Å². The smallest absolute Gasteiger partial charge is 0.255 e. The van der Waals surface area contributed by atoms with E-state index in [9.17, 15) is 19.2 Å². The second-order valence-electron chi connectivity index (χ2n) is 7.74. The molecule has 3 heterocycles. The molecule has 1 atom stereocenters. The van der Waals surface area contributed by atoms with Crippen molar-refractivity contribution in [2.24, 2.45) is 5.92 Å². The predicted molar refractivity (Wildman–Crippen MR) is 98.2 cm³/mol. The third-order valence-electron chi connectivity index (χ3n) is 6.00. The fraction of sp³-hybridized carbons (Fsp3) is 0.500. The first-order valence-corrected chi connectivity index (χ1v) is 9.57.